The largest absolute Gasteiger partial charge is 0.325 e. The molecule has 0 radical (unpaired) electrons. The van der Waals surface area contributed by atoms with Crippen LogP contribution in [0.1, 0.15) is 30.5 Å². The highest BCUT2D eigenvalue weighted by Crippen LogP contribution is 2.16. The highest BCUT2D eigenvalue weighted by atomic mass is 32.1. The van der Waals surface area contributed by atoms with Gasteiger partial charge in [-0.05, 0) is 5.92 Å². The molecule has 10 heavy (non-hydrogen) atoms. The Hall–Kier alpha value is -0.410. The third kappa shape index (κ3) is 1.55. The summed E-state index contributed by atoms with van der Waals surface area (Å²) < 4.78 is 0. The highest BCUT2D eigenvalue weighted by Gasteiger charge is 2.02. The van der Waals surface area contributed by atoms with Gasteiger partial charge in [-0.1, -0.05) is 13.8 Å². The average Bonchev–Trinajstić information content (AvgIpc) is 2.34. The topological polar surface area (TPSA) is 38.9 Å². The van der Waals surface area contributed by atoms with E-state index in [9.17, 15) is 0 Å². The van der Waals surface area contributed by atoms with Gasteiger partial charge in [-0.2, -0.15) is 0 Å². The van der Waals surface area contributed by atoms with Crippen LogP contribution in [0.15, 0.2) is 5.38 Å². The van der Waals surface area contributed by atoms with Crippen LogP contribution in [0.5, 0.6) is 0 Å². The van der Waals surface area contributed by atoms with E-state index in [1.165, 1.54) is 0 Å². The molecule has 1 heterocycles. The van der Waals surface area contributed by atoms with Crippen molar-refractivity contribution in [3.8, 4) is 0 Å². The molecule has 2 N–H and O–H groups in total. The fourth-order valence-corrected chi connectivity index (χ4v) is 1.52. The number of thiazole rings is 1. The van der Waals surface area contributed by atoms with Crippen LogP contribution >= 0.6 is 11.3 Å². The Morgan fingerprint density at radius 3 is 2.70 bits per heavy atom. The zero-order chi connectivity index (χ0) is 7.56. The molecule has 0 aliphatic heterocycles. The maximum absolute atomic E-state index is 5.41. The van der Waals surface area contributed by atoms with Crippen molar-refractivity contribution in [2.75, 3.05) is 0 Å². The van der Waals surface area contributed by atoms with E-state index in [1.54, 1.807) is 11.3 Å². The number of rotatable bonds is 2. The van der Waals surface area contributed by atoms with E-state index in [-0.39, 0.29) is 0 Å². The Morgan fingerprint density at radius 2 is 2.40 bits per heavy atom. The number of hydrogen-bond donors (Lipinski definition) is 1. The Morgan fingerprint density at radius 1 is 1.70 bits per heavy atom. The van der Waals surface area contributed by atoms with Gasteiger partial charge in [0.1, 0.15) is 5.01 Å². The molecule has 0 aromatic carbocycles. The van der Waals surface area contributed by atoms with Crippen molar-refractivity contribution in [1.29, 1.82) is 0 Å². The van der Waals surface area contributed by atoms with Crippen LogP contribution in [0.4, 0.5) is 0 Å². The van der Waals surface area contributed by atoms with Crippen molar-refractivity contribution in [2.45, 2.75) is 26.3 Å². The lowest BCUT2D eigenvalue weighted by Gasteiger charge is -1.95. The van der Waals surface area contributed by atoms with Crippen molar-refractivity contribution in [2.24, 2.45) is 5.73 Å². The summed E-state index contributed by atoms with van der Waals surface area (Å²) in [4.78, 5) is 4.32. The third-order valence-corrected chi connectivity index (χ3v) is 2.23. The number of nitrogens with two attached hydrogens (primary N) is 1. The molecule has 3 heteroatoms. The lowest BCUT2D eigenvalue weighted by Crippen LogP contribution is -1.96. The maximum atomic E-state index is 5.41. The molecule has 0 saturated carbocycles. The minimum atomic E-state index is 0.525. The number of aromatic nitrogens is 1. The summed E-state index contributed by atoms with van der Waals surface area (Å²) in [5, 5.41) is 3.11. The fourth-order valence-electron chi connectivity index (χ4n) is 0.684. The van der Waals surface area contributed by atoms with E-state index in [1.807, 2.05) is 0 Å². The van der Waals surface area contributed by atoms with Crippen LogP contribution in [0, 0.1) is 0 Å². The first-order valence-electron chi connectivity index (χ1n) is 3.38. The first-order valence-corrected chi connectivity index (χ1v) is 4.26. The molecule has 0 bridgehead atoms. The maximum Gasteiger partial charge on any atom is 0.106 e. The first kappa shape index (κ1) is 7.69. The summed E-state index contributed by atoms with van der Waals surface area (Å²) in [5.41, 5.74) is 6.57. The van der Waals surface area contributed by atoms with E-state index >= 15 is 0 Å². The average molecular weight is 156 g/mol. The minimum Gasteiger partial charge on any atom is -0.325 e. The predicted octanol–water partition coefficient (Wildman–Crippen LogP) is 1.73. The molecule has 0 amide bonds. The van der Waals surface area contributed by atoms with E-state index in [2.05, 4.69) is 24.2 Å². The molecule has 1 aromatic rings. The van der Waals surface area contributed by atoms with Gasteiger partial charge in [-0.15, -0.1) is 11.3 Å². The smallest absolute Gasteiger partial charge is 0.106 e. The molecule has 0 aliphatic rings. The molecule has 0 saturated heterocycles. The summed E-state index contributed by atoms with van der Waals surface area (Å²) in [6.45, 7) is 4.84. The molecule has 0 aliphatic carbocycles. The second-order valence-corrected chi connectivity index (χ2v) is 3.47. The highest BCUT2D eigenvalue weighted by molar-refractivity contribution is 7.09. The van der Waals surface area contributed by atoms with Gasteiger partial charge in [-0.3, -0.25) is 0 Å². The molecule has 0 spiro atoms. The van der Waals surface area contributed by atoms with Gasteiger partial charge in [0.15, 0.2) is 0 Å². The lowest BCUT2D eigenvalue weighted by molar-refractivity contribution is 0.821. The quantitative estimate of drug-likeness (QED) is 0.708. The van der Waals surface area contributed by atoms with Crippen LogP contribution in [0.3, 0.4) is 0 Å². The molecular weight excluding hydrogens is 144 g/mol. The van der Waals surface area contributed by atoms with Crippen LogP contribution in [0.25, 0.3) is 0 Å². The van der Waals surface area contributed by atoms with E-state index in [4.69, 9.17) is 5.73 Å². The Labute approximate surface area is 65.1 Å². The van der Waals surface area contributed by atoms with Gasteiger partial charge < -0.3 is 5.73 Å². The normalized spacial score (nSPS) is 10.8. The van der Waals surface area contributed by atoms with Gasteiger partial charge in [0.05, 0.1) is 5.69 Å². The Balaban J connectivity index is 2.78. The van der Waals surface area contributed by atoms with Gasteiger partial charge in [0.2, 0.25) is 0 Å². The van der Waals surface area contributed by atoms with Crippen molar-refractivity contribution in [1.82, 2.24) is 4.98 Å². The van der Waals surface area contributed by atoms with Crippen molar-refractivity contribution in [3.05, 3.63) is 16.1 Å². The van der Waals surface area contributed by atoms with E-state index in [0.29, 0.717) is 12.5 Å². The Bertz CT molecular complexity index is 205. The van der Waals surface area contributed by atoms with Gasteiger partial charge in [0, 0.05) is 11.9 Å². The van der Waals surface area contributed by atoms with Crippen LogP contribution in [-0.4, -0.2) is 4.98 Å². The zero-order valence-corrected chi connectivity index (χ0v) is 7.11. The predicted molar refractivity (Wildman–Crippen MR) is 44.1 cm³/mol. The fraction of sp³-hybridized carbons (Fsp3) is 0.571. The van der Waals surface area contributed by atoms with Gasteiger partial charge in [-0.25, -0.2) is 4.98 Å². The molecule has 2 nitrogen and oxygen atoms in total. The van der Waals surface area contributed by atoms with Crippen molar-refractivity contribution >= 4 is 11.3 Å². The molecule has 0 fully saturated rings. The van der Waals surface area contributed by atoms with Crippen LogP contribution < -0.4 is 5.73 Å². The van der Waals surface area contributed by atoms with Gasteiger partial charge >= 0.3 is 0 Å². The van der Waals surface area contributed by atoms with E-state index in [0.717, 1.165) is 10.7 Å². The second-order valence-electron chi connectivity index (χ2n) is 2.52. The van der Waals surface area contributed by atoms with Crippen LogP contribution in [0.2, 0.25) is 0 Å². The molecule has 56 valence electrons. The summed E-state index contributed by atoms with van der Waals surface area (Å²) in [6, 6.07) is 0. The summed E-state index contributed by atoms with van der Waals surface area (Å²) in [7, 11) is 0. The monoisotopic (exact) mass is 156 g/mol. The number of nitrogens with zero attached hydrogens (tertiary/aromatic N) is 1. The van der Waals surface area contributed by atoms with Crippen molar-refractivity contribution in [3.63, 3.8) is 0 Å². The molecule has 1 aromatic heterocycles. The standard InChI is InChI=1S/C7H12N2S/c1-5(2)6-4-10-7(3-8)9-6/h4-5H,3,8H2,1-2H3. The Kier molecular flexibility index (Phi) is 2.40. The number of hydrogen-bond acceptors (Lipinski definition) is 3. The third-order valence-electron chi connectivity index (χ3n) is 1.34. The SMILES string of the molecule is CC(C)c1csc(CN)n1. The summed E-state index contributed by atoms with van der Waals surface area (Å²) in [5.74, 6) is 0.525. The van der Waals surface area contributed by atoms with Crippen molar-refractivity contribution < 1.29 is 0 Å². The molecular formula is C7H12N2S. The zero-order valence-electron chi connectivity index (χ0n) is 6.29. The lowest BCUT2D eigenvalue weighted by atomic mass is 10.2. The van der Waals surface area contributed by atoms with Gasteiger partial charge in [0.25, 0.3) is 0 Å². The van der Waals surface area contributed by atoms with Crippen LogP contribution in [-0.2, 0) is 6.54 Å². The van der Waals surface area contributed by atoms with E-state index < -0.39 is 0 Å². The first-order chi connectivity index (χ1) is 4.74. The molecule has 0 atom stereocenters. The molecule has 0 unspecified atom stereocenters. The summed E-state index contributed by atoms with van der Waals surface area (Å²) in [6.07, 6.45) is 0. The molecule has 1 rings (SSSR count). The second kappa shape index (κ2) is 3.12. The minimum absolute atomic E-state index is 0.525. The summed E-state index contributed by atoms with van der Waals surface area (Å²) >= 11 is 1.64.